The lowest BCUT2D eigenvalue weighted by Gasteiger charge is -2.18. The maximum atomic E-state index is 12.9. The smallest absolute Gasteiger partial charge is 0.224 e. The van der Waals surface area contributed by atoms with E-state index in [1.807, 2.05) is 13.8 Å². The van der Waals surface area contributed by atoms with Gasteiger partial charge >= 0.3 is 0 Å². The number of carbonyl (C=O) groups is 1. The summed E-state index contributed by atoms with van der Waals surface area (Å²) >= 11 is 0. The Morgan fingerprint density at radius 3 is 2.50 bits per heavy atom. The Bertz CT molecular complexity index is 421. The van der Waals surface area contributed by atoms with Crippen molar-refractivity contribution in [2.75, 3.05) is 6.54 Å². The molecule has 3 nitrogen and oxygen atoms in total. The molecule has 0 radical (unpaired) electrons. The summed E-state index contributed by atoms with van der Waals surface area (Å²) in [4.78, 5) is 11.8. The van der Waals surface area contributed by atoms with Crippen LogP contribution in [0.25, 0.3) is 0 Å². The van der Waals surface area contributed by atoms with Gasteiger partial charge in [-0.2, -0.15) is 0 Å². The number of halogens is 2. The summed E-state index contributed by atoms with van der Waals surface area (Å²) in [6, 6.07) is 3.55. The van der Waals surface area contributed by atoms with E-state index in [-0.39, 0.29) is 30.8 Å². The highest BCUT2D eigenvalue weighted by molar-refractivity contribution is 5.79. The van der Waals surface area contributed by atoms with E-state index in [1.54, 1.807) is 0 Å². The van der Waals surface area contributed by atoms with Gasteiger partial charge in [0.15, 0.2) is 11.6 Å². The van der Waals surface area contributed by atoms with Crippen molar-refractivity contribution in [3.05, 3.63) is 35.4 Å². The van der Waals surface area contributed by atoms with E-state index in [4.69, 9.17) is 5.73 Å². The number of hydrogen-bond donors (Lipinski definition) is 2. The first-order chi connectivity index (χ1) is 8.45. The highest BCUT2D eigenvalue weighted by Crippen LogP contribution is 2.11. The summed E-state index contributed by atoms with van der Waals surface area (Å²) in [7, 11) is 0. The molecule has 0 aromatic heterocycles. The number of amides is 1. The normalized spacial score (nSPS) is 12.6. The molecule has 0 spiro atoms. The van der Waals surface area contributed by atoms with Crippen LogP contribution in [0.1, 0.15) is 19.4 Å². The van der Waals surface area contributed by atoms with E-state index in [0.29, 0.717) is 5.56 Å². The van der Waals surface area contributed by atoms with Gasteiger partial charge in [-0.25, -0.2) is 8.78 Å². The van der Waals surface area contributed by atoms with Gasteiger partial charge in [-0.15, -0.1) is 0 Å². The van der Waals surface area contributed by atoms with Gasteiger partial charge in [-0.05, 0) is 23.6 Å². The molecular formula is C13H18F2N2O. The van der Waals surface area contributed by atoms with Crippen molar-refractivity contribution in [3.8, 4) is 0 Å². The fraction of sp³-hybridized carbons (Fsp3) is 0.462. The molecule has 0 aliphatic carbocycles. The molecule has 1 amide bonds. The lowest BCUT2D eigenvalue weighted by Crippen LogP contribution is -2.37. The molecule has 0 saturated carbocycles. The van der Waals surface area contributed by atoms with Gasteiger partial charge in [-0.1, -0.05) is 19.9 Å². The van der Waals surface area contributed by atoms with Crippen LogP contribution in [-0.4, -0.2) is 12.5 Å². The molecule has 100 valence electrons. The summed E-state index contributed by atoms with van der Waals surface area (Å²) in [6.45, 7) is 4.25. The Hall–Kier alpha value is -1.49. The monoisotopic (exact) mass is 256 g/mol. The summed E-state index contributed by atoms with van der Waals surface area (Å²) in [6.07, 6.45) is 0. The van der Waals surface area contributed by atoms with E-state index in [1.165, 1.54) is 6.07 Å². The molecule has 0 bridgehead atoms. The van der Waals surface area contributed by atoms with Gasteiger partial charge in [0.1, 0.15) is 0 Å². The molecule has 0 fully saturated rings. The highest BCUT2D eigenvalue weighted by atomic mass is 19.2. The second kappa shape index (κ2) is 6.44. The van der Waals surface area contributed by atoms with Crippen LogP contribution in [0.5, 0.6) is 0 Å². The number of rotatable bonds is 5. The molecule has 1 rings (SSSR count). The average Bonchev–Trinajstić information content (AvgIpc) is 2.31. The Kier molecular flexibility index (Phi) is 5.22. The first-order valence-corrected chi connectivity index (χ1v) is 5.87. The third-order valence-corrected chi connectivity index (χ3v) is 2.85. The minimum Gasteiger partial charge on any atom is -0.352 e. The fourth-order valence-electron chi connectivity index (χ4n) is 1.65. The van der Waals surface area contributed by atoms with Crippen LogP contribution in [0.3, 0.4) is 0 Å². The summed E-state index contributed by atoms with van der Waals surface area (Å²) < 4.78 is 25.7. The van der Waals surface area contributed by atoms with Crippen LogP contribution in [0, 0.1) is 23.5 Å². The largest absolute Gasteiger partial charge is 0.352 e. The number of nitrogens with one attached hydrogen (secondary N) is 1. The van der Waals surface area contributed by atoms with Crippen LogP contribution in [0.4, 0.5) is 8.78 Å². The quantitative estimate of drug-likeness (QED) is 0.844. The van der Waals surface area contributed by atoms with Crippen molar-refractivity contribution in [2.24, 2.45) is 17.6 Å². The topological polar surface area (TPSA) is 55.1 Å². The first-order valence-electron chi connectivity index (χ1n) is 5.87. The van der Waals surface area contributed by atoms with E-state index >= 15 is 0 Å². The third kappa shape index (κ3) is 3.77. The van der Waals surface area contributed by atoms with Gasteiger partial charge in [0.05, 0.1) is 5.92 Å². The molecule has 1 atom stereocenters. The minimum absolute atomic E-state index is 0.139. The van der Waals surface area contributed by atoms with Crippen LogP contribution >= 0.6 is 0 Å². The van der Waals surface area contributed by atoms with Gasteiger partial charge in [0.2, 0.25) is 5.91 Å². The second-order valence-electron chi connectivity index (χ2n) is 4.55. The van der Waals surface area contributed by atoms with Gasteiger partial charge in [-0.3, -0.25) is 4.79 Å². The molecule has 18 heavy (non-hydrogen) atoms. The highest BCUT2D eigenvalue weighted by Gasteiger charge is 2.19. The van der Waals surface area contributed by atoms with Crippen molar-refractivity contribution in [2.45, 2.75) is 20.4 Å². The van der Waals surface area contributed by atoms with Crippen LogP contribution < -0.4 is 11.1 Å². The Labute approximate surface area is 105 Å². The SMILES string of the molecule is CC(C)C(CN)C(=O)NCc1ccc(F)c(F)c1. The standard InChI is InChI=1S/C13H18F2N2O/c1-8(2)10(6-16)13(18)17-7-9-3-4-11(14)12(15)5-9/h3-5,8,10H,6-7,16H2,1-2H3,(H,17,18). The van der Waals surface area contributed by atoms with Crippen molar-refractivity contribution < 1.29 is 13.6 Å². The maximum absolute atomic E-state index is 12.9. The van der Waals surface area contributed by atoms with E-state index in [2.05, 4.69) is 5.32 Å². The number of hydrogen-bond acceptors (Lipinski definition) is 2. The lowest BCUT2D eigenvalue weighted by atomic mass is 9.95. The average molecular weight is 256 g/mol. The molecule has 0 heterocycles. The minimum atomic E-state index is -0.916. The predicted molar refractivity (Wildman–Crippen MR) is 65.6 cm³/mol. The zero-order chi connectivity index (χ0) is 13.7. The summed E-state index contributed by atoms with van der Waals surface area (Å²) in [5, 5.41) is 2.67. The zero-order valence-corrected chi connectivity index (χ0v) is 10.5. The molecule has 3 N–H and O–H groups in total. The maximum Gasteiger partial charge on any atom is 0.224 e. The molecule has 1 aromatic carbocycles. The van der Waals surface area contributed by atoms with Crippen molar-refractivity contribution in [3.63, 3.8) is 0 Å². The predicted octanol–water partition coefficient (Wildman–Crippen LogP) is 1.81. The molecule has 0 saturated heterocycles. The number of nitrogens with two attached hydrogens (primary N) is 1. The fourth-order valence-corrected chi connectivity index (χ4v) is 1.65. The van der Waals surface area contributed by atoms with Gasteiger partial charge < -0.3 is 11.1 Å². The van der Waals surface area contributed by atoms with E-state index < -0.39 is 11.6 Å². The molecule has 5 heteroatoms. The number of benzene rings is 1. The van der Waals surface area contributed by atoms with Crippen LogP contribution in [0.2, 0.25) is 0 Å². The summed E-state index contributed by atoms with van der Waals surface area (Å²) in [5.41, 5.74) is 6.03. The number of carbonyl (C=O) groups excluding carboxylic acids is 1. The summed E-state index contributed by atoms with van der Waals surface area (Å²) in [5.74, 6) is -2.11. The Balaban J connectivity index is 2.59. The first kappa shape index (κ1) is 14.6. The Morgan fingerprint density at radius 2 is 2.00 bits per heavy atom. The van der Waals surface area contributed by atoms with Gasteiger partial charge in [0.25, 0.3) is 0 Å². The molecular weight excluding hydrogens is 238 g/mol. The van der Waals surface area contributed by atoms with E-state index in [9.17, 15) is 13.6 Å². The van der Waals surface area contributed by atoms with Crippen molar-refractivity contribution in [1.29, 1.82) is 0 Å². The second-order valence-corrected chi connectivity index (χ2v) is 4.55. The van der Waals surface area contributed by atoms with Crippen LogP contribution in [0.15, 0.2) is 18.2 Å². The molecule has 1 aromatic rings. The van der Waals surface area contributed by atoms with E-state index in [0.717, 1.165) is 12.1 Å². The van der Waals surface area contributed by atoms with Crippen molar-refractivity contribution >= 4 is 5.91 Å². The van der Waals surface area contributed by atoms with Crippen LogP contribution in [-0.2, 0) is 11.3 Å². The Morgan fingerprint density at radius 1 is 1.33 bits per heavy atom. The molecule has 1 unspecified atom stereocenters. The molecule has 0 aliphatic rings. The van der Waals surface area contributed by atoms with Gasteiger partial charge in [0, 0.05) is 13.1 Å². The third-order valence-electron chi connectivity index (χ3n) is 2.85. The lowest BCUT2D eigenvalue weighted by molar-refractivity contribution is -0.126. The zero-order valence-electron chi connectivity index (χ0n) is 10.5. The molecule has 0 aliphatic heterocycles. The van der Waals surface area contributed by atoms with Crippen molar-refractivity contribution in [1.82, 2.24) is 5.32 Å².